The normalized spacial score (nSPS) is 17.4. The van der Waals surface area contributed by atoms with Crippen molar-refractivity contribution < 1.29 is 18.3 Å². The highest BCUT2D eigenvalue weighted by Gasteiger charge is 2.26. The van der Waals surface area contributed by atoms with Crippen LogP contribution in [-0.2, 0) is 9.53 Å². The van der Waals surface area contributed by atoms with E-state index in [-0.39, 0.29) is 23.4 Å². The number of benzene rings is 3. The van der Waals surface area contributed by atoms with Gasteiger partial charge in [0.2, 0.25) is 0 Å². The first-order valence-corrected chi connectivity index (χ1v) is 12.1. The number of morpholine rings is 1. The van der Waals surface area contributed by atoms with Gasteiger partial charge in [-0.05, 0) is 41.5 Å². The van der Waals surface area contributed by atoms with Gasteiger partial charge in [-0.25, -0.2) is 4.39 Å². The predicted octanol–water partition coefficient (Wildman–Crippen LogP) is 4.58. The summed E-state index contributed by atoms with van der Waals surface area (Å²) in [5.41, 5.74) is 4.43. The minimum atomic E-state index is -0.801. The Hall–Kier alpha value is -4.50. The molecule has 1 fully saturated rings. The zero-order chi connectivity index (χ0) is 25.2. The number of amides is 1. The van der Waals surface area contributed by atoms with Crippen molar-refractivity contribution >= 4 is 28.9 Å². The number of aromatic nitrogens is 2. The molecule has 9 heteroatoms. The Labute approximate surface area is 212 Å². The van der Waals surface area contributed by atoms with Crippen molar-refractivity contribution in [3.8, 4) is 11.5 Å². The van der Waals surface area contributed by atoms with Crippen LogP contribution >= 0.6 is 0 Å². The van der Waals surface area contributed by atoms with Crippen LogP contribution in [0.1, 0.15) is 11.1 Å². The molecule has 0 unspecified atom stereocenters. The maximum Gasteiger partial charge on any atom is 0.316 e. The van der Waals surface area contributed by atoms with Gasteiger partial charge in [0.25, 0.3) is 11.8 Å². The lowest BCUT2D eigenvalue weighted by Gasteiger charge is -2.28. The van der Waals surface area contributed by atoms with Gasteiger partial charge >= 0.3 is 6.01 Å². The first-order chi connectivity index (χ1) is 18.2. The van der Waals surface area contributed by atoms with Gasteiger partial charge in [-0.3, -0.25) is 4.79 Å². The van der Waals surface area contributed by atoms with Crippen molar-refractivity contribution in [3.05, 3.63) is 95.8 Å². The Bertz CT molecular complexity index is 1460. The van der Waals surface area contributed by atoms with Crippen LogP contribution in [0.5, 0.6) is 0 Å². The Morgan fingerprint density at radius 1 is 0.946 bits per heavy atom. The monoisotopic (exact) mass is 497 g/mol. The number of carbonyl (C=O) groups is 1. The average Bonchev–Trinajstić information content (AvgIpc) is 3.35. The van der Waals surface area contributed by atoms with Crippen LogP contribution in [-0.4, -0.2) is 48.4 Å². The number of fused-ring (bicyclic) bond motifs is 1. The van der Waals surface area contributed by atoms with E-state index in [2.05, 4.69) is 25.7 Å². The molecule has 0 saturated carbocycles. The lowest BCUT2D eigenvalue weighted by molar-refractivity contribution is -0.116. The van der Waals surface area contributed by atoms with Crippen LogP contribution < -0.4 is 15.5 Å². The zero-order valence-electron chi connectivity index (χ0n) is 19.9. The van der Waals surface area contributed by atoms with Crippen molar-refractivity contribution in [1.82, 2.24) is 10.2 Å². The highest BCUT2D eigenvalue weighted by Crippen LogP contribution is 2.33. The number of hydrogen-bond donors (Lipinski definition) is 2. The molecule has 2 aliphatic heterocycles. The molecule has 1 atom stereocenters. The maximum atomic E-state index is 15.0. The molecule has 186 valence electrons. The second kappa shape index (κ2) is 9.87. The second-order valence-electron chi connectivity index (χ2n) is 8.78. The number of rotatable bonds is 5. The predicted molar refractivity (Wildman–Crippen MR) is 139 cm³/mol. The number of carbonyl (C=O) groups excluding carboxylic acids is 1. The minimum absolute atomic E-state index is 0.0152. The number of hydrogen-bond acceptors (Lipinski definition) is 7. The van der Waals surface area contributed by atoms with Crippen molar-refractivity contribution in [3.63, 3.8) is 0 Å². The van der Waals surface area contributed by atoms with Crippen molar-refractivity contribution in [2.75, 3.05) is 41.8 Å². The second-order valence-corrected chi connectivity index (χ2v) is 8.78. The molecule has 0 spiro atoms. The van der Waals surface area contributed by atoms with Crippen LogP contribution in [0.25, 0.3) is 17.0 Å². The third kappa shape index (κ3) is 4.68. The summed E-state index contributed by atoms with van der Waals surface area (Å²) in [6.07, 6.45) is 1.83. The van der Waals surface area contributed by atoms with Crippen molar-refractivity contribution in [1.29, 1.82) is 0 Å². The van der Waals surface area contributed by atoms with Crippen LogP contribution in [0, 0.1) is 5.82 Å². The summed E-state index contributed by atoms with van der Waals surface area (Å²) >= 11 is 0. The van der Waals surface area contributed by atoms with Gasteiger partial charge in [-0.2, -0.15) is 0 Å². The number of halogens is 1. The quantitative estimate of drug-likeness (QED) is 0.417. The van der Waals surface area contributed by atoms with E-state index in [0.717, 1.165) is 22.4 Å². The molecule has 0 aliphatic carbocycles. The van der Waals surface area contributed by atoms with E-state index in [1.54, 1.807) is 6.07 Å². The average molecular weight is 498 g/mol. The van der Waals surface area contributed by atoms with E-state index in [0.29, 0.717) is 32.0 Å². The van der Waals surface area contributed by atoms with Crippen LogP contribution in [0.2, 0.25) is 0 Å². The fraction of sp³-hybridized carbons (Fsp3) is 0.179. The first kappa shape index (κ1) is 22.9. The lowest BCUT2D eigenvalue weighted by atomic mass is 9.96. The summed E-state index contributed by atoms with van der Waals surface area (Å²) in [4.78, 5) is 15.2. The summed E-state index contributed by atoms with van der Waals surface area (Å²) < 4.78 is 26.1. The topological polar surface area (TPSA) is 92.5 Å². The van der Waals surface area contributed by atoms with Gasteiger partial charge in [-0.15, -0.1) is 5.10 Å². The van der Waals surface area contributed by atoms with Crippen molar-refractivity contribution in [2.45, 2.75) is 6.04 Å². The number of anilines is 3. The molecule has 1 saturated heterocycles. The summed E-state index contributed by atoms with van der Waals surface area (Å²) in [5, 5.41) is 14.0. The number of para-hydroxylation sites is 1. The zero-order valence-corrected chi connectivity index (χ0v) is 19.9. The largest absolute Gasteiger partial charge is 0.403 e. The molecule has 2 aliphatic rings. The third-order valence-electron chi connectivity index (χ3n) is 6.44. The molecule has 2 N–H and O–H groups in total. The van der Waals surface area contributed by atoms with E-state index in [4.69, 9.17) is 9.15 Å². The van der Waals surface area contributed by atoms with Gasteiger partial charge in [0.05, 0.1) is 18.8 Å². The molecule has 1 amide bonds. The van der Waals surface area contributed by atoms with Gasteiger partial charge in [-0.1, -0.05) is 53.6 Å². The SMILES string of the molecule is O=C1Nc2ccccc2C(c2ccccc2)=C[C@@H]1Nc1nnc(-c2ccc(N3CCOCC3)cc2F)o1. The molecule has 3 aromatic carbocycles. The molecule has 1 aromatic heterocycles. The van der Waals surface area contributed by atoms with E-state index in [1.807, 2.05) is 66.7 Å². The fourth-order valence-electron chi connectivity index (χ4n) is 4.57. The summed E-state index contributed by atoms with van der Waals surface area (Å²) in [7, 11) is 0. The molecular weight excluding hydrogens is 473 g/mol. The van der Waals surface area contributed by atoms with E-state index < -0.39 is 11.9 Å². The molecule has 8 nitrogen and oxygen atoms in total. The molecule has 3 heterocycles. The standard InChI is InChI=1S/C28H24FN5O3/c29-23-16-19(34-12-14-36-15-13-34)10-11-21(23)27-32-33-28(37-27)31-25-17-22(18-6-2-1-3-7-18)20-8-4-5-9-24(20)30-26(25)35/h1-11,16-17,25H,12-15H2,(H,30,35)(H,31,33)/t25-/m0/s1. The Balaban J connectivity index is 1.27. The van der Waals surface area contributed by atoms with Gasteiger partial charge in [0.15, 0.2) is 0 Å². The highest BCUT2D eigenvalue weighted by atomic mass is 19.1. The van der Waals surface area contributed by atoms with Crippen LogP contribution in [0.15, 0.2) is 83.3 Å². The molecular formula is C28H24FN5O3. The fourth-order valence-corrected chi connectivity index (χ4v) is 4.57. The van der Waals surface area contributed by atoms with E-state index in [9.17, 15) is 9.18 Å². The third-order valence-corrected chi connectivity index (χ3v) is 6.44. The maximum absolute atomic E-state index is 15.0. The summed E-state index contributed by atoms with van der Waals surface area (Å²) in [6.45, 7) is 2.64. The molecule has 6 rings (SSSR count). The molecule has 37 heavy (non-hydrogen) atoms. The van der Waals surface area contributed by atoms with Crippen molar-refractivity contribution in [2.24, 2.45) is 0 Å². The van der Waals surface area contributed by atoms with Gasteiger partial charge in [0, 0.05) is 30.0 Å². The smallest absolute Gasteiger partial charge is 0.316 e. The lowest BCUT2D eigenvalue weighted by Crippen LogP contribution is -2.36. The summed E-state index contributed by atoms with van der Waals surface area (Å²) in [6, 6.07) is 21.6. The number of nitrogens with zero attached hydrogens (tertiary/aromatic N) is 3. The molecule has 4 aromatic rings. The van der Waals surface area contributed by atoms with Gasteiger partial charge < -0.3 is 24.7 Å². The Morgan fingerprint density at radius 3 is 2.54 bits per heavy atom. The van der Waals surface area contributed by atoms with E-state index in [1.165, 1.54) is 6.07 Å². The molecule has 0 bridgehead atoms. The van der Waals surface area contributed by atoms with E-state index >= 15 is 0 Å². The van der Waals surface area contributed by atoms with Gasteiger partial charge in [0.1, 0.15) is 11.9 Å². The van der Waals surface area contributed by atoms with Crippen LogP contribution in [0.4, 0.5) is 21.8 Å². The number of nitrogens with one attached hydrogen (secondary N) is 2. The Morgan fingerprint density at radius 2 is 1.73 bits per heavy atom. The first-order valence-electron chi connectivity index (χ1n) is 12.1. The van der Waals surface area contributed by atoms with Crippen LogP contribution in [0.3, 0.4) is 0 Å². The highest BCUT2D eigenvalue weighted by molar-refractivity contribution is 6.05. The Kier molecular flexibility index (Phi) is 6.11. The minimum Gasteiger partial charge on any atom is -0.403 e. The summed E-state index contributed by atoms with van der Waals surface area (Å²) in [5.74, 6) is -0.717. The number of ether oxygens (including phenoxy) is 1. The molecule has 0 radical (unpaired) electrons.